The van der Waals surface area contributed by atoms with Gasteiger partial charge in [0.15, 0.2) is 6.10 Å². The van der Waals surface area contributed by atoms with Gasteiger partial charge < -0.3 is 47.5 Å². The van der Waals surface area contributed by atoms with E-state index in [1.807, 2.05) is 34.7 Å². The topological polar surface area (TPSA) is 310 Å². The first-order valence-electron chi connectivity index (χ1n) is 25.5. The average molecular weight is 1060 g/mol. The Kier molecular flexibility index (Phi) is 26.1. The number of piperidine rings is 1. The summed E-state index contributed by atoms with van der Waals surface area (Å²) in [6, 6.07) is 5.84. The molecule has 1 saturated heterocycles. The third-order valence-electron chi connectivity index (χ3n) is 12.9. The number of likely N-dealkylation sites (tertiary alicyclic amines) is 1. The molecule has 0 spiro atoms. The molecular weight excluding hydrogens is 977 g/mol. The molecule has 22 nitrogen and oxygen atoms in total. The van der Waals surface area contributed by atoms with E-state index in [0.717, 1.165) is 50.0 Å². The average Bonchev–Trinajstić information content (AvgIpc) is 3.82. The first-order chi connectivity index (χ1) is 35.0. The predicted octanol–water partition coefficient (Wildman–Crippen LogP) is 3.88. The molecule has 3 rings (SSSR count). The van der Waals surface area contributed by atoms with E-state index in [0.29, 0.717) is 29.1 Å². The molecule has 1 fully saturated rings. The number of ether oxygens (including phenoxy) is 1. The summed E-state index contributed by atoms with van der Waals surface area (Å²) < 4.78 is 5.89. The van der Waals surface area contributed by atoms with Gasteiger partial charge in [-0.2, -0.15) is 0 Å². The largest absolute Gasteiger partial charge is 0.481 e. The number of rotatable bonds is 31. The van der Waals surface area contributed by atoms with E-state index in [-0.39, 0.29) is 68.7 Å². The molecule has 23 heteroatoms. The second kappa shape index (κ2) is 31.0. The highest BCUT2D eigenvalue weighted by Gasteiger charge is 2.42. The van der Waals surface area contributed by atoms with Crippen LogP contribution in [0.5, 0.6) is 0 Å². The van der Waals surface area contributed by atoms with Crippen molar-refractivity contribution in [3.05, 3.63) is 40.2 Å². The van der Waals surface area contributed by atoms with Crippen molar-refractivity contribution in [2.45, 2.75) is 138 Å². The minimum Gasteiger partial charge on any atom is -0.481 e. The van der Waals surface area contributed by atoms with Gasteiger partial charge in [0.05, 0.1) is 50.4 Å². The zero-order valence-corrected chi connectivity index (χ0v) is 45.3. The fraction of sp³-hybridized carbons (Fsp3) is 0.647. The van der Waals surface area contributed by atoms with Crippen LogP contribution in [0, 0.1) is 29.1 Å². The summed E-state index contributed by atoms with van der Waals surface area (Å²) in [5, 5.41) is 28.9. The van der Waals surface area contributed by atoms with Crippen LogP contribution in [0.2, 0.25) is 0 Å². The van der Waals surface area contributed by atoms with Crippen LogP contribution < -0.4 is 37.6 Å². The monoisotopic (exact) mass is 1060 g/mol. The molecule has 1 aromatic carbocycles. The molecule has 9 N–H and O–H groups in total. The number of amides is 7. The molecular formula is C51H80N10O12S. The minimum atomic E-state index is -1.31. The summed E-state index contributed by atoms with van der Waals surface area (Å²) in [7, 11) is 1.96. The van der Waals surface area contributed by atoms with E-state index in [9.17, 15) is 48.3 Å². The number of hydrogen-bond donors (Lipinski definition) is 8. The lowest BCUT2D eigenvalue weighted by molar-refractivity contribution is -0.215. The van der Waals surface area contributed by atoms with E-state index in [1.54, 1.807) is 29.6 Å². The number of nitrogens with zero attached hydrogens (tertiary/aromatic N) is 3. The number of hydroxylamine groups is 2. The van der Waals surface area contributed by atoms with E-state index in [2.05, 4.69) is 48.7 Å². The van der Waals surface area contributed by atoms with Crippen molar-refractivity contribution in [1.29, 1.82) is 0 Å². The predicted molar refractivity (Wildman–Crippen MR) is 279 cm³/mol. The van der Waals surface area contributed by atoms with E-state index in [1.165, 1.54) is 25.8 Å². The maximum Gasteiger partial charge on any atom is 0.309 e. The molecule has 0 aliphatic carbocycles. The van der Waals surface area contributed by atoms with Crippen molar-refractivity contribution < 1.29 is 57.8 Å². The zero-order valence-electron chi connectivity index (χ0n) is 44.5. The van der Waals surface area contributed by atoms with Crippen LogP contribution in [0.15, 0.2) is 29.6 Å². The van der Waals surface area contributed by atoms with E-state index in [4.69, 9.17) is 15.3 Å². The van der Waals surface area contributed by atoms with Gasteiger partial charge in [0, 0.05) is 30.3 Å². The summed E-state index contributed by atoms with van der Waals surface area (Å²) in [5.74, 6) is -7.81. The number of unbranched alkanes of at least 4 members (excludes halogenated alkanes) is 2. The Morgan fingerprint density at radius 2 is 1.53 bits per heavy atom. The Morgan fingerprint density at radius 1 is 0.892 bits per heavy atom. The van der Waals surface area contributed by atoms with Crippen molar-refractivity contribution in [3.8, 4) is 0 Å². The number of anilines is 2. The Morgan fingerprint density at radius 3 is 2.09 bits per heavy atom. The third kappa shape index (κ3) is 20.7. The number of carboxylic acid groups (broad SMARTS) is 1. The van der Waals surface area contributed by atoms with Crippen molar-refractivity contribution in [2.75, 3.05) is 57.0 Å². The second-order valence-corrected chi connectivity index (χ2v) is 20.7. The van der Waals surface area contributed by atoms with Gasteiger partial charge in [-0.05, 0) is 95.5 Å². The van der Waals surface area contributed by atoms with Crippen LogP contribution in [0.1, 0.15) is 130 Å². The van der Waals surface area contributed by atoms with Gasteiger partial charge in [-0.1, -0.05) is 66.0 Å². The van der Waals surface area contributed by atoms with Crippen molar-refractivity contribution in [3.63, 3.8) is 0 Å². The number of carbonyl (C=O) groups is 9. The number of benzene rings is 1. The zero-order chi connectivity index (χ0) is 55.1. The van der Waals surface area contributed by atoms with Crippen LogP contribution in [0.3, 0.4) is 0 Å². The minimum absolute atomic E-state index is 0.0528. The number of carbonyl (C=O) groups excluding carboxylic acids is 8. The molecule has 7 amide bonds. The summed E-state index contributed by atoms with van der Waals surface area (Å²) in [4.78, 5) is 129. The highest BCUT2D eigenvalue weighted by molar-refractivity contribution is 7.10. The maximum atomic E-state index is 14.9. The molecule has 0 saturated carbocycles. The van der Waals surface area contributed by atoms with Gasteiger partial charge in [0.25, 0.3) is 5.91 Å². The SMILES string of the molecule is CCCCCON(C(=O)[C@H](C(=O)N[C@H]1CCCCN1C)[C@@H](C)CC)[C@H](C[C@@H](OC(C)=O)c1nc(NC(=O)[C@@H](Cc2ccc(NC(=O)CNC(=O)CNC(=O)CNC(=O)CN)cc2)CC(C)(C)C(=O)O)cs1)C(C)C. The molecule has 0 radical (unpaired) electrons. The lowest BCUT2D eigenvalue weighted by Gasteiger charge is -2.38. The summed E-state index contributed by atoms with van der Waals surface area (Å²) in [5.41, 5.74) is 4.88. The fourth-order valence-electron chi connectivity index (χ4n) is 8.22. The van der Waals surface area contributed by atoms with E-state index < -0.39 is 89.9 Å². The molecule has 1 aromatic heterocycles. The number of esters is 1. The Hall–Kier alpha value is -6.04. The molecule has 1 aliphatic heterocycles. The van der Waals surface area contributed by atoms with Crippen LogP contribution in [0.4, 0.5) is 11.5 Å². The first-order valence-corrected chi connectivity index (χ1v) is 26.4. The van der Waals surface area contributed by atoms with Gasteiger partial charge in [0.2, 0.25) is 35.4 Å². The van der Waals surface area contributed by atoms with Crippen molar-refractivity contribution >= 4 is 76.1 Å². The van der Waals surface area contributed by atoms with Gasteiger partial charge in [-0.25, -0.2) is 10.0 Å². The van der Waals surface area contributed by atoms with Gasteiger partial charge in [-0.15, -0.1) is 11.3 Å². The molecule has 2 aromatic rings. The number of aliphatic carboxylic acids is 1. The standard InChI is InChI=1S/C51H80N10O12S/c1-10-12-15-22-72-61(49(69)45(32(5)11-2)47(68)59-40-16-13-14-21-60(40)9)37(31(3)4)24-38(73-33(6)62)48-58-39(30-74-48)57-46(67)35(25-51(7,8)50(70)71)23-34-17-19-36(20-18-34)56-44(66)29-55-43(65)28-54-42(64)27-53-41(63)26-52/h17-20,30-32,35,37-38,40,45H,10-16,21-29,52H2,1-9H3,(H,53,63)(H,54,64)(H,55,65)(H,56,66)(H,57,67)(H,59,68)(H,70,71)/t32-,35-,37+,38+,40+,45-/m0/s1. The van der Waals surface area contributed by atoms with Crippen LogP contribution in [-0.2, 0) is 59.1 Å². The number of nitrogens with one attached hydrogen (secondary N) is 6. The lowest BCUT2D eigenvalue weighted by atomic mass is 9.80. The lowest BCUT2D eigenvalue weighted by Crippen LogP contribution is -2.55. The normalized spacial score (nSPS) is 15.9. The van der Waals surface area contributed by atoms with Crippen LogP contribution in [0.25, 0.3) is 0 Å². The molecule has 0 unspecified atom stereocenters. The summed E-state index contributed by atoms with van der Waals surface area (Å²) >= 11 is 1.13. The second-order valence-electron chi connectivity index (χ2n) is 19.8. The number of carboxylic acids is 1. The van der Waals surface area contributed by atoms with Crippen molar-refractivity contribution in [1.82, 2.24) is 36.2 Å². The van der Waals surface area contributed by atoms with E-state index >= 15 is 0 Å². The van der Waals surface area contributed by atoms with Gasteiger partial charge >= 0.3 is 11.9 Å². The molecule has 412 valence electrons. The molecule has 6 atom stereocenters. The summed E-state index contributed by atoms with van der Waals surface area (Å²) in [6.45, 7) is 13.6. The smallest absolute Gasteiger partial charge is 0.309 e. The fourth-order valence-corrected chi connectivity index (χ4v) is 9.01. The molecule has 1 aliphatic rings. The van der Waals surface area contributed by atoms with Gasteiger partial charge in [-0.3, -0.25) is 52.9 Å². The van der Waals surface area contributed by atoms with Crippen LogP contribution >= 0.6 is 11.3 Å². The Bertz CT molecular complexity index is 2210. The number of thiazole rings is 1. The number of nitrogens with two attached hydrogens (primary N) is 1. The first kappa shape index (κ1) is 62.3. The molecule has 2 heterocycles. The highest BCUT2D eigenvalue weighted by Crippen LogP contribution is 2.35. The Labute approximate surface area is 438 Å². The van der Waals surface area contributed by atoms with Crippen molar-refractivity contribution in [2.24, 2.45) is 34.8 Å². The van der Waals surface area contributed by atoms with Crippen LogP contribution in [-0.4, -0.2) is 132 Å². The summed E-state index contributed by atoms with van der Waals surface area (Å²) in [6.07, 6.45) is 4.67. The quantitative estimate of drug-likeness (QED) is 0.0230. The number of hydrogen-bond acceptors (Lipinski definition) is 15. The third-order valence-corrected chi connectivity index (χ3v) is 13.8. The molecule has 74 heavy (non-hydrogen) atoms. The maximum absolute atomic E-state index is 14.9. The Balaban J connectivity index is 1.81. The highest BCUT2D eigenvalue weighted by atomic mass is 32.1. The number of aromatic nitrogens is 1. The molecule has 0 bridgehead atoms. The van der Waals surface area contributed by atoms with Gasteiger partial charge in [0.1, 0.15) is 16.7 Å².